The Hall–Kier alpha value is -1.32. The maximum atomic E-state index is 9.90. The number of hydrogen-bond donors (Lipinski definition) is 6. The zero-order chi connectivity index (χ0) is 14.9. The van der Waals surface area contributed by atoms with Crippen molar-refractivity contribution in [3.8, 4) is 0 Å². The largest absolute Gasteiger partial charge is 0.394 e. The third-order valence-electron chi connectivity index (χ3n) is 1.84. The van der Waals surface area contributed by atoms with Gasteiger partial charge in [0.15, 0.2) is 6.29 Å². The number of hydrogen-bond acceptors (Lipinski definition) is 7. The molecule has 0 fully saturated rings. The Labute approximate surface area is 104 Å². The molecule has 8 nitrogen and oxygen atoms in total. The molecule has 8 heteroatoms. The Balaban J connectivity index is 0. The van der Waals surface area contributed by atoms with Gasteiger partial charge in [-0.2, -0.15) is 0 Å². The summed E-state index contributed by atoms with van der Waals surface area (Å²) in [6.07, 6.45) is -6.84. The average Bonchev–Trinajstić information content (AvgIpc) is 2.35. The normalized spacial score (nSPS) is 16.6. The second-order valence-electron chi connectivity index (χ2n) is 3.50. The zero-order valence-corrected chi connectivity index (χ0v) is 9.93. The number of carbonyl (C=O) groups is 2. The molecule has 106 valence electrons. The first kappa shape index (κ1) is 19.0. The number of rotatable bonds is 6. The van der Waals surface area contributed by atoms with E-state index in [-0.39, 0.29) is 6.29 Å². The van der Waals surface area contributed by atoms with Crippen LogP contribution in [0, 0.1) is 0 Å². The van der Waals surface area contributed by atoms with E-state index >= 15 is 0 Å². The molecule has 0 spiro atoms. The zero-order valence-electron chi connectivity index (χ0n) is 9.93. The van der Waals surface area contributed by atoms with Crippen LogP contribution in [0.1, 0.15) is 6.92 Å². The molecule has 0 saturated heterocycles. The van der Waals surface area contributed by atoms with Gasteiger partial charge in [-0.25, -0.2) is 0 Å². The number of aliphatic hydroxyl groups excluding tert-OH is 5. The van der Waals surface area contributed by atoms with Crippen molar-refractivity contribution in [2.75, 3.05) is 6.61 Å². The van der Waals surface area contributed by atoms with Gasteiger partial charge in [0.1, 0.15) is 24.4 Å². The molecule has 4 atom stereocenters. The minimum Gasteiger partial charge on any atom is -0.394 e. The van der Waals surface area contributed by atoms with Crippen LogP contribution in [-0.2, 0) is 9.59 Å². The van der Waals surface area contributed by atoms with Crippen molar-refractivity contribution >= 4 is 12.2 Å². The Kier molecular flexibility index (Phi) is 10.2. The van der Waals surface area contributed by atoms with Gasteiger partial charge in [-0.1, -0.05) is 6.58 Å². The fourth-order valence-corrected chi connectivity index (χ4v) is 0.618. The van der Waals surface area contributed by atoms with Crippen LogP contribution in [0.2, 0.25) is 0 Å². The Bertz CT molecular complexity index is 269. The summed E-state index contributed by atoms with van der Waals surface area (Å²) in [7, 11) is 0. The predicted molar refractivity (Wildman–Crippen MR) is 61.2 cm³/mol. The second kappa shape index (κ2) is 9.68. The van der Waals surface area contributed by atoms with Crippen LogP contribution in [0.4, 0.5) is 0 Å². The number of amides is 1. The van der Waals surface area contributed by atoms with Crippen molar-refractivity contribution in [3.05, 3.63) is 12.2 Å². The van der Waals surface area contributed by atoms with Crippen LogP contribution in [0.3, 0.4) is 0 Å². The molecule has 0 aromatic rings. The molecule has 1 amide bonds. The Morgan fingerprint density at radius 3 is 1.89 bits per heavy atom. The van der Waals surface area contributed by atoms with Crippen LogP contribution in [0.25, 0.3) is 0 Å². The van der Waals surface area contributed by atoms with E-state index in [1.165, 1.54) is 0 Å². The third-order valence-corrected chi connectivity index (χ3v) is 1.84. The first-order valence-corrected chi connectivity index (χ1v) is 4.92. The number of aldehydes is 1. The Morgan fingerprint density at radius 2 is 1.67 bits per heavy atom. The van der Waals surface area contributed by atoms with E-state index in [2.05, 4.69) is 6.58 Å². The summed E-state index contributed by atoms with van der Waals surface area (Å²) in [5.74, 6) is -0.435. The summed E-state index contributed by atoms with van der Waals surface area (Å²) in [5, 5.41) is 43.5. The van der Waals surface area contributed by atoms with Crippen molar-refractivity contribution in [1.82, 2.24) is 0 Å². The topological polar surface area (TPSA) is 161 Å². The fourth-order valence-electron chi connectivity index (χ4n) is 0.618. The maximum absolute atomic E-state index is 9.90. The summed E-state index contributed by atoms with van der Waals surface area (Å²) in [5.41, 5.74) is 5.09. The monoisotopic (exact) mass is 265 g/mol. The van der Waals surface area contributed by atoms with Gasteiger partial charge < -0.3 is 36.1 Å². The molecule has 0 aromatic heterocycles. The average molecular weight is 265 g/mol. The maximum Gasteiger partial charge on any atom is 0.243 e. The van der Waals surface area contributed by atoms with E-state index < -0.39 is 36.9 Å². The molecule has 7 N–H and O–H groups in total. The van der Waals surface area contributed by atoms with Crippen molar-refractivity contribution in [2.45, 2.75) is 31.3 Å². The van der Waals surface area contributed by atoms with Crippen LogP contribution >= 0.6 is 0 Å². The molecule has 0 saturated carbocycles. The van der Waals surface area contributed by atoms with Crippen molar-refractivity contribution in [3.63, 3.8) is 0 Å². The van der Waals surface area contributed by atoms with Gasteiger partial charge in [-0.15, -0.1) is 0 Å². The fraction of sp³-hybridized carbons (Fsp3) is 0.600. The minimum atomic E-state index is -1.79. The molecule has 4 unspecified atom stereocenters. The van der Waals surface area contributed by atoms with Crippen molar-refractivity contribution in [1.29, 1.82) is 0 Å². The summed E-state index contributed by atoms with van der Waals surface area (Å²) < 4.78 is 0. The van der Waals surface area contributed by atoms with E-state index in [9.17, 15) is 9.59 Å². The lowest BCUT2D eigenvalue weighted by atomic mass is 10.0. The van der Waals surface area contributed by atoms with E-state index in [4.69, 9.17) is 31.3 Å². The highest BCUT2D eigenvalue weighted by molar-refractivity contribution is 5.90. The van der Waals surface area contributed by atoms with Gasteiger partial charge in [0.25, 0.3) is 0 Å². The second-order valence-corrected chi connectivity index (χ2v) is 3.50. The summed E-state index contributed by atoms with van der Waals surface area (Å²) >= 11 is 0. The lowest BCUT2D eigenvalue weighted by molar-refractivity contribution is -0.136. The summed E-state index contributed by atoms with van der Waals surface area (Å²) in [6.45, 7) is 4.09. The lowest BCUT2D eigenvalue weighted by Crippen LogP contribution is -2.46. The van der Waals surface area contributed by atoms with E-state index in [0.29, 0.717) is 5.57 Å². The minimum absolute atomic E-state index is 0.0258. The highest BCUT2D eigenvalue weighted by Crippen LogP contribution is 2.02. The van der Waals surface area contributed by atoms with Crippen molar-refractivity contribution < 1.29 is 35.1 Å². The van der Waals surface area contributed by atoms with E-state index in [1.807, 2.05) is 0 Å². The van der Waals surface area contributed by atoms with Crippen LogP contribution < -0.4 is 5.73 Å². The van der Waals surface area contributed by atoms with E-state index in [0.717, 1.165) is 0 Å². The molecule has 0 aliphatic carbocycles. The molecular weight excluding hydrogens is 246 g/mol. The highest BCUT2D eigenvalue weighted by Gasteiger charge is 2.29. The standard InChI is InChI=1S/C6H12O6.C4H7NO/c7-1-3(9)5(11)6(12)4(10)2-8;1-3(2)4(5)6/h1,3-6,8-12H,2H2;1H2,2H3,(H2,5,6). The molecule has 0 rings (SSSR count). The number of nitrogens with two attached hydrogens (primary N) is 1. The molecule has 0 aliphatic rings. The quantitative estimate of drug-likeness (QED) is 0.216. The van der Waals surface area contributed by atoms with Gasteiger partial charge in [0.2, 0.25) is 5.91 Å². The first-order valence-electron chi connectivity index (χ1n) is 4.92. The van der Waals surface area contributed by atoms with Gasteiger partial charge >= 0.3 is 0 Å². The smallest absolute Gasteiger partial charge is 0.243 e. The van der Waals surface area contributed by atoms with Crippen molar-refractivity contribution in [2.24, 2.45) is 5.73 Å². The molecule has 0 heterocycles. The Morgan fingerprint density at radius 1 is 1.28 bits per heavy atom. The lowest BCUT2D eigenvalue weighted by Gasteiger charge is -2.22. The van der Waals surface area contributed by atoms with Gasteiger partial charge in [-0.05, 0) is 6.92 Å². The molecule has 0 aromatic carbocycles. The predicted octanol–water partition coefficient (Wildman–Crippen LogP) is -3.33. The third kappa shape index (κ3) is 7.87. The first-order chi connectivity index (χ1) is 8.18. The summed E-state index contributed by atoms with van der Waals surface area (Å²) in [4.78, 5) is 19.7. The molecular formula is C10H19NO7. The van der Waals surface area contributed by atoms with E-state index in [1.54, 1.807) is 6.92 Å². The van der Waals surface area contributed by atoms with Crippen LogP contribution in [-0.4, -0.2) is 68.7 Å². The van der Waals surface area contributed by atoms with Crippen LogP contribution in [0.15, 0.2) is 12.2 Å². The number of primary amides is 1. The van der Waals surface area contributed by atoms with Crippen LogP contribution in [0.5, 0.6) is 0 Å². The molecule has 18 heavy (non-hydrogen) atoms. The number of aliphatic hydroxyl groups is 5. The SMILES string of the molecule is C=C(C)C(N)=O.O=CC(O)C(O)C(O)C(O)CO. The van der Waals surface area contributed by atoms with Gasteiger partial charge in [0, 0.05) is 5.57 Å². The molecule has 0 radical (unpaired) electrons. The molecule has 0 aliphatic heterocycles. The number of carbonyl (C=O) groups excluding carboxylic acids is 2. The van der Waals surface area contributed by atoms with Gasteiger partial charge in [-0.3, -0.25) is 4.79 Å². The molecule has 0 bridgehead atoms. The van der Waals surface area contributed by atoms with Gasteiger partial charge in [0.05, 0.1) is 6.61 Å². The summed E-state index contributed by atoms with van der Waals surface area (Å²) in [6, 6.07) is 0. The highest BCUT2D eigenvalue weighted by atomic mass is 16.4.